The fraction of sp³-hybridized carbons (Fsp3) is 0.704. The lowest BCUT2D eigenvalue weighted by atomic mass is 9.94. The van der Waals surface area contributed by atoms with Gasteiger partial charge in [-0.25, -0.2) is 5.43 Å². The maximum atomic E-state index is 13.3. The monoisotopic (exact) mass is 499 g/mol. The summed E-state index contributed by atoms with van der Waals surface area (Å²) >= 11 is 0. The zero-order valence-electron chi connectivity index (χ0n) is 21.2. The number of nitrogens with zero attached hydrogens (tertiary/aromatic N) is 2. The van der Waals surface area contributed by atoms with Gasteiger partial charge in [0, 0.05) is 45.5 Å². The normalized spacial score (nSPS) is 34.6. The number of hydrogen-bond donors (Lipinski definition) is 1. The van der Waals surface area contributed by atoms with Crippen molar-refractivity contribution in [1.29, 1.82) is 0 Å². The van der Waals surface area contributed by atoms with Crippen LogP contribution in [0, 0.1) is 0 Å². The Bertz CT molecular complexity index is 970. The van der Waals surface area contributed by atoms with Crippen LogP contribution < -0.4 is 10.3 Å². The standard InChI is InChI=1S/C27H37N3O6/c1-30(2)19-11-9-18(10-12-19)17-28-29-24(31)22-20-21(34-26(33-20)13-5-3-6-14-26)23-25(32-22)36-27(35-23)15-7-4-8-16-27/h9-12,17,20-23,25H,3-8,13-16H2,1-2H3,(H,29,31)/b28-17+/t20-,21+,22+,23+,25+/m0/s1. The van der Waals surface area contributed by atoms with E-state index in [-0.39, 0.29) is 5.91 Å². The van der Waals surface area contributed by atoms with Crippen molar-refractivity contribution in [1.82, 2.24) is 5.43 Å². The lowest BCUT2D eigenvalue weighted by molar-refractivity contribution is -0.247. The fourth-order valence-corrected chi connectivity index (χ4v) is 6.26. The van der Waals surface area contributed by atoms with Crippen LogP contribution in [0.1, 0.15) is 69.8 Å². The highest BCUT2D eigenvalue weighted by molar-refractivity contribution is 5.85. The highest BCUT2D eigenvalue weighted by Gasteiger charge is 2.65. The number of anilines is 1. The summed E-state index contributed by atoms with van der Waals surface area (Å²) in [6.07, 6.45) is 8.54. The van der Waals surface area contributed by atoms with Crippen molar-refractivity contribution in [2.24, 2.45) is 5.10 Å². The molecular weight excluding hydrogens is 462 g/mol. The molecule has 6 rings (SSSR count). The van der Waals surface area contributed by atoms with Crippen molar-refractivity contribution in [3.63, 3.8) is 0 Å². The van der Waals surface area contributed by atoms with E-state index in [2.05, 4.69) is 10.5 Å². The van der Waals surface area contributed by atoms with E-state index in [1.54, 1.807) is 6.21 Å². The Labute approximate surface area is 212 Å². The Hall–Kier alpha value is -2.04. The fourth-order valence-electron chi connectivity index (χ4n) is 6.26. The Morgan fingerprint density at radius 1 is 0.861 bits per heavy atom. The second kappa shape index (κ2) is 9.68. The molecule has 2 spiro atoms. The molecule has 9 nitrogen and oxygen atoms in total. The van der Waals surface area contributed by atoms with Crippen molar-refractivity contribution in [3.05, 3.63) is 29.8 Å². The molecule has 1 amide bonds. The van der Waals surface area contributed by atoms with Crippen LogP contribution >= 0.6 is 0 Å². The van der Waals surface area contributed by atoms with Gasteiger partial charge in [-0.1, -0.05) is 25.0 Å². The van der Waals surface area contributed by atoms with E-state index in [1.807, 2.05) is 43.3 Å². The first-order valence-electron chi connectivity index (χ1n) is 13.4. The first-order valence-corrected chi connectivity index (χ1v) is 13.4. The first-order chi connectivity index (χ1) is 17.5. The second-order valence-corrected chi connectivity index (χ2v) is 11.0. The summed E-state index contributed by atoms with van der Waals surface area (Å²) in [6, 6.07) is 7.92. The SMILES string of the molecule is CN(C)c1ccc(/C=N/NC(=O)[C@@H]2O[C@@H]3OC4(CCCCC4)O[C@@H]3[C@@H]3OC4(CCCCC4)O[C@@H]32)cc1. The molecule has 5 atom stereocenters. The van der Waals surface area contributed by atoms with E-state index in [1.165, 1.54) is 12.8 Å². The predicted octanol–water partition coefficient (Wildman–Crippen LogP) is 3.45. The van der Waals surface area contributed by atoms with Crippen molar-refractivity contribution in [2.75, 3.05) is 19.0 Å². The number of nitrogens with one attached hydrogen (secondary N) is 1. The molecule has 0 aromatic heterocycles. The quantitative estimate of drug-likeness (QED) is 0.501. The van der Waals surface area contributed by atoms with Gasteiger partial charge in [-0.3, -0.25) is 4.79 Å². The Kier molecular flexibility index (Phi) is 6.54. The van der Waals surface area contributed by atoms with Crippen LogP contribution in [-0.2, 0) is 28.5 Å². The topological polar surface area (TPSA) is 90.9 Å². The molecule has 3 heterocycles. The summed E-state index contributed by atoms with van der Waals surface area (Å²) < 4.78 is 32.2. The predicted molar refractivity (Wildman–Crippen MR) is 133 cm³/mol. The van der Waals surface area contributed by atoms with E-state index in [4.69, 9.17) is 23.7 Å². The number of carbonyl (C=O) groups is 1. The highest BCUT2D eigenvalue weighted by Crippen LogP contribution is 2.50. The number of amides is 1. The third kappa shape index (κ3) is 4.56. The minimum atomic E-state index is -0.895. The third-order valence-electron chi connectivity index (χ3n) is 8.17. The van der Waals surface area contributed by atoms with Crippen molar-refractivity contribution >= 4 is 17.8 Å². The Morgan fingerprint density at radius 3 is 2.08 bits per heavy atom. The van der Waals surface area contributed by atoms with Crippen LogP contribution in [0.15, 0.2) is 29.4 Å². The molecule has 36 heavy (non-hydrogen) atoms. The Balaban J connectivity index is 1.19. The van der Waals surface area contributed by atoms with Crippen LogP contribution in [0.3, 0.4) is 0 Å². The maximum absolute atomic E-state index is 13.3. The molecule has 3 saturated heterocycles. The van der Waals surface area contributed by atoms with E-state index in [9.17, 15) is 4.79 Å². The Morgan fingerprint density at radius 2 is 1.44 bits per heavy atom. The van der Waals surface area contributed by atoms with Crippen molar-refractivity contribution in [3.8, 4) is 0 Å². The van der Waals surface area contributed by atoms with Gasteiger partial charge in [-0.15, -0.1) is 0 Å². The average molecular weight is 500 g/mol. The van der Waals surface area contributed by atoms with Gasteiger partial charge in [-0.2, -0.15) is 5.10 Å². The third-order valence-corrected chi connectivity index (χ3v) is 8.17. The van der Waals surface area contributed by atoms with Gasteiger partial charge in [0.1, 0.15) is 18.3 Å². The molecule has 1 aromatic carbocycles. The number of hydrazone groups is 1. The summed E-state index contributed by atoms with van der Waals surface area (Å²) in [4.78, 5) is 15.3. The summed E-state index contributed by atoms with van der Waals surface area (Å²) in [5.74, 6) is -1.69. The van der Waals surface area contributed by atoms with Gasteiger partial charge in [0.05, 0.1) is 6.21 Å². The van der Waals surface area contributed by atoms with Gasteiger partial charge in [0.2, 0.25) is 0 Å². The zero-order valence-corrected chi connectivity index (χ0v) is 21.2. The van der Waals surface area contributed by atoms with E-state index in [0.717, 1.165) is 62.6 Å². The number of fused-ring (bicyclic) bond motifs is 3. The van der Waals surface area contributed by atoms with Crippen LogP contribution in [-0.4, -0.2) is 68.5 Å². The molecule has 196 valence electrons. The molecule has 5 fully saturated rings. The van der Waals surface area contributed by atoms with E-state index < -0.39 is 42.3 Å². The number of carbonyl (C=O) groups excluding carboxylic acids is 1. The van der Waals surface area contributed by atoms with Crippen LogP contribution in [0.25, 0.3) is 0 Å². The lowest BCUT2D eigenvalue weighted by Gasteiger charge is -2.36. The maximum Gasteiger partial charge on any atom is 0.272 e. The average Bonchev–Trinajstić information content (AvgIpc) is 3.42. The minimum Gasteiger partial charge on any atom is -0.378 e. The first kappa shape index (κ1) is 24.3. The summed E-state index contributed by atoms with van der Waals surface area (Å²) in [5.41, 5.74) is 4.64. The molecule has 5 aliphatic rings. The minimum absolute atomic E-state index is 0.366. The van der Waals surface area contributed by atoms with E-state index in [0.29, 0.717) is 0 Å². The highest BCUT2D eigenvalue weighted by atomic mass is 16.9. The summed E-state index contributed by atoms with van der Waals surface area (Å²) in [7, 11) is 3.99. The van der Waals surface area contributed by atoms with Crippen LogP contribution in [0.5, 0.6) is 0 Å². The second-order valence-electron chi connectivity index (χ2n) is 11.0. The molecule has 2 aliphatic carbocycles. The molecule has 0 radical (unpaired) electrons. The largest absolute Gasteiger partial charge is 0.378 e. The van der Waals surface area contributed by atoms with Crippen molar-refractivity contribution < 1.29 is 28.5 Å². The van der Waals surface area contributed by atoms with Crippen molar-refractivity contribution in [2.45, 2.75) is 106 Å². The molecule has 2 saturated carbocycles. The van der Waals surface area contributed by atoms with Gasteiger partial charge < -0.3 is 28.6 Å². The van der Waals surface area contributed by atoms with Gasteiger partial charge >= 0.3 is 0 Å². The summed E-state index contributed by atoms with van der Waals surface area (Å²) in [5, 5.41) is 4.19. The van der Waals surface area contributed by atoms with Crippen LogP contribution in [0.2, 0.25) is 0 Å². The van der Waals surface area contributed by atoms with Gasteiger partial charge in [0.15, 0.2) is 24.0 Å². The molecule has 0 bridgehead atoms. The number of benzene rings is 1. The lowest BCUT2D eigenvalue weighted by Crippen LogP contribution is -2.59. The molecule has 3 aliphatic heterocycles. The smallest absolute Gasteiger partial charge is 0.272 e. The number of rotatable bonds is 4. The number of hydrogen-bond acceptors (Lipinski definition) is 8. The van der Waals surface area contributed by atoms with Gasteiger partial charge in [0.25, 0.3) is 5.91 Å². The zero-order chi connectivity index (χ0) is 24.8. The summed E-state index contributed by atoms with van der Waals surface area (Å²) in [6.45, 7) is 0. The molecule has 9 heteroatoms. The number of ether oxygens (including phenoxy) is 5. The molecule has 0 unspecified atom stereocenters. The molecule has 1 N–H and O–H groups in total. The molecule has 1 aromatic rings. The van der Waals surface area contributed by atoms with Gasteiger partial charge in [-0.05, 0) is 43.4 Å². The van der Waals surface area contributed by atoms with Crippen LogP contribution in [0.4, 0.5) is 5.69 Å². The molecular formula is C27H37N3O6. The van der Waals surface area contributed by atoms with E-state index >= 15 is 0 Å².